The molecule has 0 amide bonds. The Morgan fingerprint density at radius 3 is 2.73 bits per heavy atom. The zero-order chi connectivity index (χ0) is 8.27. The van der Waals surface area contributed by atoms with Crippen LogP contribution in [0.5, 0.6) is 0 Å². The maximum absolute atomic E-state index is 11.8. The Kier molecular flexibility index (Phi) is 3.20. The topological polar surface area (TPSA) is 32.3 Å². The molecular weight excluding hydrogens is 152 g/mol. The van der Waals surface area contributed by atoms with E-state index in [2.05, 4.69) is 5.32 Å². The summed E-state index contributed by atoms with van der Waals surface area (Å²) in [6.45, 7) is 1.15. The van der Waals surface area contributed by atoms with E-state index in [0.717, 1.165) is 0 Å². The van der Waals surface area contributed by atoms with E-state index in [1.54, 1.807) is 0 Å². The Bertz CT molecular complexity index is 119. The van der Waals surface area contributed by atoms with E-state index in [1.807, 2.05) is 0 Å². The summed E-state index contributed by atoms with van der Waals surface area (Å²) in [6, 6.07) is 0. The van der Waals surface area contributed by atoms with Crippen LogP contribution in [0.2, 0.25) is 0 Å². The first kappa shape index (κ1) is 8.87. The van der Waals surface area contributed by atoms with Crippen molar-refractivity contribution in [3.8, 4) is 0 Å². The highest BCUT2D eigenvalue weighted by Gasteiger charge is 2.22. The zero-order valence-electron chi connectivity index (χ0n) is 6.26. The van der Waals surface area contributed by atoms with E-state index in [4.69, 9.17) is 5.11 Å². The minimum Gasteiger partial charge on any atom is -0.392 e. The summed E-state index contributed by atoms with van der Waals surface area (Å²) in [7, 11) is 0. The lowest BCUT2D eigenvalue weighted by Crippen LogP contribution is -2.39. The molecule has 2 N–H and O–H groups in total. The summed E-state index contributed by atoms with van der Waals surface area (Å²) >= 11 is 0. The van der Waals surface area contributed by atoms with Gasteiger partial charge in [0.2, 0.25) is 6.43 Å². The Labute approximate surface area is 64.6 Å². The molecule has 2 nitrogen and oxygen atoms in total. The number of hydrogen-bond donors (Lipinski definition) is 2. The maximum Gasteiger partial charge on any atom is 0.239 e. The summed E-state index contributed by atoms with van der Waals surface area (Å²) < 4.78 is 23.7. The van der Waals surface area contributed by atoms with Crippen molar-refractivity contribution in [3.63, 3.8) is 0 Å². The van der Waals surface area contributed by atoms with Crippen LogP contribution in [0.1, 0.15) is 12.8 Å². The van der Waals surface area contributed by atoms with Gasteiger partial charge >= 0.3 is 0 Å². The van der Waals surface area contributed by atoms with Crippen LogP contribution in [0, 0.1) is 5.92 Å². The van der Waals surface area contributed by atoms with E-state index in [1.165, 1.54) is 0 Å². The van der Waals surface area contributed by atoms with Crippen LogP contribution in [-0.2, 0) is 0 Å². The second kappa shape index (κ2) is 3.97. The number of aliphatic hydroxyl groups excluding tert-OH is 1. The van der Waals surface area contributed by atoms with Gasteiger partial charge in [-0.15, -0.1) is 0 Å². The molecule has 1 fully saturated rings. The minimum atomic E-state index is -2.24. The molecule has 0 aromatic heterocycles. The van der Waals surface area contributed by atoms with E-state index >= 15 is 0 Å². The molecule has 0 aliphatic carbocycles. The molecule has 4 heteroatoms. The first-order chi connectivity index (χ1) is 5.18. The van der Waals surface area contributed by atoms with Crippen LogP contribution in [0.4, 0.5) is 8.78 Å². The van der Waals surface area contributed by atoms with Crippen molar-refractivity contribution in [1.82, 2.24) is 5.32 Å². The second-order valence-corrected chi connectivity index (χ2v) is 3.04. The third-order valence-corrected chi connectivity index (χ3v) is 1.93. The number of nitrogens with one attached hydrogen (secondary N) is 1. The van der Waals surface area contributed by atoms with Gasteiger partial charge in [-0.25, -0.2) is 8.78 Å². The van der Waals surface area contributed by atoms with Gasteiger partial charge < -0.3 is 10.4 Å². The molecule has 0 radical (unpaired) electrons. The number of aliphatic hydroxyl groups is 1. The van der Waals surface area contributed by atoms with Crippen molar-refractivity contribution in [3.05, 3.63) is 0 Å². The molecule has 0 saturated carbocycles. The summed E-state index contributed by atoms with van der Waals surface area (Å²) in [4.78, 5) is 0. The fourth-order valence-electron chi connectivity index (χ4n) is 1.44. The number of piperidine rings is 1. The molecule has 1 saturated heterocycles. The lowest BCUT2D eigenvalue weighted by atomic mass is 9.95. The van der Waals surface area contributed by atoms with Gasteiger partial charge in [0, 0.05) is 13.0 Å². The molecule has 11 heavy (non-hydrogen) atoms. The highest BCUT2D eigenvalue weighted by molar-refractivity contribution is 4.75. The second-order valence-electron chi connectivity index (χ2n) is 3.04. The number of alkyl halides is 2. The van der Waals surface area contributed by atoms with Gasteiger partial charge in [-0.05, 0) is 18.9 Å². The number of hydrogen-bond acceptors (Lipinski definition) is 2. The highest BCUT2D eigenvalue weighted by atomic mass is 19.3. The molecular formula is C7H13F2NO. The third-order valence-electron chi connectivity index (χ3n) is 1.93. The lowest BCUT2D eigenvalue weighted by molar-refractivity contribution is 0.0678. The molecule has 1 rings (SSSR count). The van der Waals surface area contributed by atoms with Crippen molar-refractivity contribution >= 4 is 0 Å². The first-order valence-electron chi connectivity index (χ1n) is 3.85. The highest BCUT2D eigenvalue weighted by Crippen LogP contribution is 2.18. The Morgan fingerprint density at radius 1 is 1.45 bits per heavy atom. The van der Waals surface area contributed by atoms with Crippen LogP contribution >= 0.6 is 0 Å². The fourth-order valence-corrected chi connectivity index (χ4v) is 1.44. The van der Waals surface area contributed by atoms with Gasteiger partial charge in [0.15, 0.2) is 0 Å². The normalized spacial score (nSPS) is 32.7. The summed E-state index contributed by atoms with van der Waals surface area (Å²) in [5.74, 6) is -0.0567. The van der Waals surface area contributed by atoms with Crippen molar-refractivity contribution < 1.29 is 13.9 Å². The smallest absolute Gasteiger partial charge is 0.239 e. The van der Waals surface area contributed by atoms with E-state index in [0.29, 0.717) is 19.5 Å². The van der Waals surface area contributed by atoms with E-state index in [-0.39, 0.29) is 12.3 Å². The summed E-state index contributed by atoms with van der Waals surface area (Å²) in [5, 5.41) is 12.0. The predicted octanol–water partition coefficient (Wildman–Crippen LogP) is 0.612. The molecule has 1 unspecified atom stereocenters. The van der Waals surface area contributed by atoms with Crippen LogP contribution in [-0.4, -0.2) is 30.7 Å². The van der Waals surface area contributed by atoms with Gasteiger partial charge in [-0.2, -0.15) is 0 Å². The van der Waals surface area contributed by atoms with Crippen molar-refractivity contribution in [2.45, 2.75) is 25.4 Å². The lowest BCUT2D eigenvalue weighted by Gasteiger charge is -2.26. The largest absolute Gasteiger partial charge is 0.392 e. The number of β-amino-alcohol motifs (C(OH)–C–C–N with tert-alkyl or cyclic N) is 1. The Balaban J connectivity index is 2.23. The predicted molar refractivity (Wildman–Crippen MR) is 37.6 cm³/mol. The fraction of sp³-hybridized carbons (Fsp3) is 1.00. The van der Waals surface area contributed by atoms with Crippen LogP contribution in [0.3, 0.4) is 0 Å². The molecule has 0 spiro atoms. The summed E-state index contributed by atoms with van der Waals surface area (Å²) in [5.41, 5.74) is 0. The Morgan fingerprint density at radius 2 is 2.18 bits per heavy atom. The van der Waals surface area contributed by atoms with E-state index in [9.17, 15) is 8.78 Å². The molecule has 1 aliphatic heterocycles. The molecule has 2 atom stereocenters. The quantitative estimate of drug-likeness (QED) is 0.628. The standard InChI is InChI=1S/C7H13F2NO/c8-7(9)2-5-1-6(11)4-10-3-5/h5-7,10-11H,1-4H2/t5?,6-/m0/s1. The van der Waals surface area contributed by atoms with E-state index < -0.39 is 12.5 Å². The van der Waals surface area contributed by atoms with Gasteiger partial charge in [0.25, 0.3) is 0 Å². The van der Waals surface area contributed by atoms with Crippen molar-refractivity contribution in [2.24, 2.45) is 5.92 Å². The molecule has 0 aromatic carbocycles. The average Bonchev–Trinajstić information content (AvgIpc) is 1.85. The molecule has 0 aromatic rings. The minimum absolute atomic E-state index is 0.0567. The average molecular weight is 165 g/mol. The summed E-state index contributed by atoms with van der Waals surface area (Å²) in [6.07, 6.45) is -2.26. The van der Waals surface area contributed by atoms with Crippen molar-refractivity contribution in [2.75, 3.05) is 13.1 Å². The third kappa shape index (κ3) is 3.12. The maximum atomic E-state index is 11.8. The number of halogens is 2. The van der Waals surface area contributed by atoms with Gasteiger partial charge in [0.05, 0.1) is 6.10 Å². The van der Waals surface area contributed by atoms with Crippen LogP contribution < -0.4 is 5.32 Å². The first-order valence-corrected chi connectivity index (χ1v) is 3.85. The zero-order valence-corrected chi connectivity index (χ0v) is 6.26. The Hall–Kier alpha value is -0.220. The van der Waals surface area contributed by atoms with Crippen LogP contribution in [0.25, 0.3) is 0 Å². The molecule has 0 bridgehead atoms. The van der Waals surface area contributed by atoms with Crippen LogP contribution in [0.15, 0.2) is 0 Å². The number of rotatable bonds is 2. The SMILES string of the molecule is O[C@@H]1CNCC(CC(F)F)C1. The molecule has 66 valence electrons. The monoisotopic (exact) mass is 165 g/mol. The van der Waals surface area contributed by atoms with Gasteiger partial charge in [-0.3, -0.25) is 0 Å². The molecule has 1 aliphatic rings. The van der Waals surface area contributed by atoms with Crippen molar-refractivity contribution in [1.29, 1.82) is 0 Å². The van der Waals surface area contributed by atoms with Gasteiger partial charge in [-0.1, -0.05) is 0 Å². The molecule has 1 heterocycles. The van der Waals surface area contributed by atoms with Gasteiger partial charge in [0.1, 0.15) is 0 Å².